The molecule has 0 aliphatic rings. The van der Waals surface area contributed by atoms with E-state index in [0.29, 0.717) is 10.5 Å². The fourth-order valence-electron chi connectivity index (χ4n) is 1.28. The number of hydrogen-bond acceptors (Lipinski definition) is 1. The monoisotopic (exact) mass is 300 g/mol. The largest absolute Gasteiger partial charge is 0.356 e. The van der Waals surface area contributed by atoms with Crippen LogP contribution < -0.4 is 5.32 Å². The molecule has 0 saturated carbocycles. The van der Waals surface area contributed by atoms with Crippen molar-refractivity contribution in [2.24, 2.45) is 0 Å². The van der Waals surface area contributed by atoms with Gasteiger partial charge in [-0.05, 0) is 34.1 Å². The highest BCUT2D eigenvalue weighted by molar-refractivity contribution is 9.10. The molecule has 0 fully saturated rings. The molecule has 6 heteroatoms. The first-order chi connectivity index (χ1) is 8.06. The normalized spacial score (nSPS) is 10.3. The first-order valence-corrected chi connectivity index (χ1v) is 5.46. The molecule has 0 unspecified atom stereocenters. The second-order valence-corrected chi connectivity index (χ2v) is 4.23. The number of rotatable bonds is 2. The number of carbonyl (C=O) groups excluding carboxylic acids is 1. The first kappa shape index (κ1) is 11.8. The maximum atomic E-state index is 13.3. The Morgan fingerprint density at radius 3 is 2.65 bits per heavy atom. The van der Waals surface area contributed by atoms with Crippen molar-refractivity contribution in [2.45, 2.75) is 0 Å². The average Bonchev–Trinajstić information content (AvgIpc) is 2.69. The number of hydrogen-bond donors (Lipinski definition) is 2. The average molecular weight is 301 g/mol. The van der Waals surface area contributed by atoms with E-state index in [1.165, 1.54) is 6.07 Å². The predicted octanol–water partition coefficient (Wildman–Crippen LogP) is 3.31. The van der Waals surface area contributed by atoms with Crippen LogP contribution in [0.15, 0.2) is 34.9 Å². The lowest BCUT2D eigenvalue weighted by Crippen LogP contribution is -2.13. The molecule has 1 aromatic heterocycles. The summed E-state index contributed by atoms with van der Waals surface area (Å²) in [7, 11) is 0. The van der Waals surface area contributed by atoms with Crippen LogP contribution >= 0.6 is 15.9 Å². The Kier molecular flexibility index (Phi) is 3.23. The number of nitrogens with one attached hydrogen (secondary N) is 2. The molecule has 0 bridgehead atoms. The summed E-state index contributed by atoms with van der Waals surface area (Å²) in [5.74, 6) is -2.01. The summed E-state index contributed by atoms with van der Waals surface area (Å²) in [6.07, 6.45) is 1.58. The second-order valence-electron chi connectivity index (χ2n) is 3.31. The van der Waals surface area contributed by atoms with Gasteiger partial charge in [-0.15, -0.1) is 0 Å². The molecule has 0 aliphatic heterocycles. The molecule has 1 amide bonds. The van der Waals surface area contributed by atoms with Crippen LogP contribution in [0, 0.1) is 11.6 Å². The van der Waals surface area contributed by atoms with Crippen LogP contribution in [0.5, 0.6) is 0 Å². The van der Waals surface area contributed by atoms with Crippen LogP contribution in [0.3, 0.4) is 0 Å². The van der Waals surface area contributed by atoms with Crippen LogP contribution in [0.25, 0.3) is 0 Å². The minimum absolute atomic E-state index is 0.0675. The fraction of sp³-hybridized carbons (Fsp3) is 0. The number of aromatic nitrogens is 1. The van der Waals surface area contributed by atoms with Crippen LogP contribution in [0.4, 0.5) is 14.5 Å². The number of benzene rings is 1. The van der Waals surface area contributed by atoms with Gasteiger partial charge in [0.1, 0.15) is 17.3 Å². The summed E-state index contributed by atoms with van der Waals surface area (Å²) < 4.78 is 26.6. The molecular weight excluding hydrogens is 294 g/mol. The Balaban J connectivity index is 2.18. The molecular formula is C11H7BrF2N2O. The molecule has 3 nitrogen and oxygen atoms in total. The van der Waals surface area contributed by atoms with Crippen LogP contribution in [-0.4, -0.2) is 10.9 Å². The fourth-order valence-corrected chi connectivity index (χ4v) is 1.62. The molecule has 2 aromatic rings. The summed E-state index contributed by atoms with van der Waals surface area (Å²) in [6, 6.07) is 4.50. The third-order valence-corrected chi connectivity index (χ3v) is 2.53. The quantitative estimate of drug-likeness (QED) is 0.878. The van der Waals surface area contributed by atoms with Crippen LogP contribution in [-0.2, 0) is 0 Å². The third-order valence-electron chi connectivity index (χ3n) is 2.07. The van der Waals surface area contributed by atoms with Crippen LogP contribution in [0.2, 0.25) is 0 Å². The van der Waals surface area contributed by atoms with Gasteiger partial charge in [0.2, 0.25) is 0 Å². The smallest absolute Gasteiger partial charge is 0.272 e. The van der Waals surface area contributed by atoms with E-state index in [4.69, 9.17) is 0 Å². The molecule has 0 saturated heterocycles. The molecule has 1 heterocycles. The third kappa shape index (κ3) is 2.71. The van der Waals surface area contributed by atoms with Gasteiger partial charge >= 0.3 is 0 Å². The highest BCUT2D eigenvalue weighted by Gasteiger charge is 2.11. The Hall–Kier alpha value is -1.69. The number of anilines is 1. The van der Waals surface area contributed by atoms with Crippen molar-refractivity contribution in [2.75, 3.05) is 5.32 Å². The van der Waals surface area contributed by atoms with Crippen molar-refractivity contribution in [1.29, 1.82) is 0 Å². The molecule has 88 valence electrons. The topological polar surface area (TPSA) is 44.9 Å². The summed E-state index contributed by atoms with van der Waals surface area (Å²) >= 11 is 3.17. The zero-order valence-corrected chi connectivity index (χ0v) is 10.0. The summed E-state index contributed by atoms with van der Waals surface area (Å²) in [4.78, 5) is 14.3. The van der Waals surface area contributed by atoms with E-state index in [-0.39, 0.29) is 11.4 Å². The molecule has 0 aliphatic carbocycles. The van der Waals surface area contributed by atoms with E-state index in [2.05, 4.69) is 26.2 Å². The lowest BCUT2D eigenvalue weighted by Gasteiger charge is -2.04. The van der Waals surface area contributed by atoms with Crippen molar-refractivity contribution in [3.63, 3.8) is 0 Å². The number of halogens is 3. The number of carbonyl (C=O) groups is 1. The van der Waals surface area contributed by atoms with Gasteiger partial charge in [0.15, 0.2) is 0 Å². The van der Waals surface area contributed by atoms with Crippen molar-refractivity contribution >= 4 is 27.5 Å². The molecule has 2 rings (SSSR count). The predicted molar refractivity (Wildman–Crippen MR) is 62.8 cm³/mol. The van der Waals surface area contributed by atoms with E-state index in [1.54, 1.807) is 12.3 Å². The standard InChI is InChI=1S/C11H7BrF2N2O/c12-6-3-10(15-5-6)11(17)16-9-2-1-7(13)4-8(9)14/h1-5,15H,(H,16,17). The van der Waals surface area contributed by atoms with E-state index in [0.717, 1.165) is 6.07 Å². The van der Waals surface area contributed by atoms with Gasteiger partial charge in [-0.3, -0.25) is 4.79 Å². The maximum Gasteiger partial charge on any atom is 0.272 e. The van der Waals surface area contributed by atoms with Crippen molar-refractivity contribution in [1.82, 2.24) is 4.98 Å². The zero-order chi connectivity index (χ0) is 12.4. The summed E-state index contributed by atoms with van der Waals surface area (Å²) in [6.45, 7) is 0. The number of amides is 1. The Bertz CT molecular complexity index is 568. The zero-order valence-electron chi connectivity index (χ0n) is 8.43. The van der Waals surface area contributed by atoms with Gasteiger partial charge in [-0.2, -0.15) is 0 Å². The summed E-state index contributed by atoms with van der Waals surface area (Å²) in [5, 5.41) is 2.33. The molecule has 17 heavy (non-hydrogen) atoms. The SMILES string of the molecule is O=C(Nc1ccc(F)cc1F)c1cc(Br)c[nH]1. The van der Waals surface area contributed by atoms with Gasteiger partial charge in [0.25, 0.3) is 5.91 Å². The highest BCUT2D eigenvalue weighted by Crippen LogP contribution is 2.17. The Labute approximate surface area is 104 Å². The Morgan fingerprint density at radius 1 is 1.29 bits per heavy atom. The van der Waals surface area contributed by atoms with Gasteiger partial charge in [0, 0.05) is 16.7 Å². The second kappa shape index (κ2) is 4.67. The van der Waals surface area contributed by atoms with Crippen LogP contribution in [0.1, 0.15) is 10.5 Å². The van der Waals surface area contributed by atoms with E-state index < -0.39 is 17.5 Å². The summed E-state index contributed by atoms with van der Waals surface area (Å²) in [5.41, 5.74) is 0.211. The minimum atomic E-state index is -0.816. The highest BCUT2D eigenvalue weighted by atomic mass is 79.9. The Morgan fingerprint density at radius 2 is 2.06 bits per heavy atom. The molecule has 0 radical (unpaired) electrons. The van der Waals surface area contributed by atoms with Crippen molar-refractivity contribution in [3.05, 3.63) is 52.3 Å². The molecule has 2 N–H and O–H groups in total. The van der Waals surface area contributed by atoms with Gasteiger partial charge in [0.05, 0.1) is 5.69 Å². The maximum absolute atomic E-state index is 13.3. The van der Waals surface area contributed by atoms with Gasteiger partial charge < -0.3 is 10.3 Å². The van der Waals surface area contributed by atoms with Gasteiger partial charge in [-0.1, -0.05) is 0 Å². The van der Waals surface area contributed by atoms with E-state index in [1.807, 2.05) is 0 Å². The van der Waals surface area contributed by atoms with Crippen molar-refractivity contribution < 1.29 is 13.6 Å². The molecule has 0 atom stereocenters. The van der Waals surface area contributed by atoms with E-state index in [9.17, 15) is 13.6 Å². The lowest BCUT2D eigenvalue weighted by molar-refractivity contribution is 0.102. The molecule has 1 aromatic carbocycles. The van der Waals surface area contributed by atoms with Crippen molar-refractivity contribution in [3.8, 4) is 0 Å². The minimum Gasteiger partial charge on any atom is -0.356 e. The van der Waals surface area contributed by atoms with E-state index >= 15 is 0 Å². The number of H-pyrrole nitrogens is 1. The molecule has 0 spiro atoms. The number of aromatic amines is 1. The lowest BCUT2D eigenvalue weighted by atomic mass is 10.3. The van der Waals surface area contributed by atoms with Gasteiger partial charge in [-0.25, -0.2) is 8.78 Å². The first-order valence-electron chi connectivity index (χ1n) is 4.66.